The van der Waals surface area contributed by atoms with Gasteiger partial charge in [-0.3, -0.25) is 0 Å². The van der Waals surface area contributed by atoms with Crippen LogP contribution in [0.5, 0.6) is 11.5 Å². The first-order chi connectivity index (χ1) is 15.6. The van der Waals surface area contributed by atoms with Crippen molar-refractivity contribution in [1.82, 2.24) is 15.0 Å². The summed E-state index contributed by atoms with van der Waals surface area (Å²) >= 11 is 0. The molecule has 7 heteroatoms. The summed E-state index contributed by atoms with van der Waals surface area (Å²) in [6.07, 6.45) is 4.63. The summed E-state index contributed by atoms with van der Waals surface area (Å²) in [6, 6.07) is 17.5. The number of aliphatic hydroxyl groups excluding tert-OH is 2. The van der Waals surface area contributed by atoms with E-state index in [2.05, 4.69) is 15.0 Å². The molecule has 4 aromatic rings. The zero-order valence-corrected chi connectivity index (χ0v) is 17.6. The molecular formula is C25H21N3O4. The topological polar surface area (TPSA) is 97.6 Å². The molecule has 4 rings (SSSR count). The van der Waals surface area contributed by atoms with Crippen molar-refractivity contribution in [3.05, 3.63) is 89.4 Å². The molecule has 0 bridgehead atoms. The molecule has 0 saturated heterocycles. The highest BCUT2D eigenvalue weighted by molar-refractivity contribution is 5.85. The van der Waals surface area contributed by atoms with Gasteiger partial charge in [0, 0.05) is 29.5 Å². The highest BCUT2D eigenvalue weighted by atomic mass is 16.5. The molecule has 2 heterocycles. The number of hydrogen-bond acceptors (Lipinski definition) is 7. The highest BCUT2D eigenvalue weighted by Crippen LogP contribution is 2.24. The first-order valence-electron chi connectivity index (χ1n) is 9.80. The molecule has 0 radical (unpaired) electrons. The maximum Gasteiger partial charge on any atom is 0.178 e. The van der Waals surface area contributed by atoms with Crippen LogP contribution >= 0.6 is 0 Å². The van der Waals surface area contributed by atoms with Crippen LogP contribution in [0.3, 0.4) is 0 Å². The lowest BCUT2D eigenvalue weighted by Gasteiger charge is -2.07. The minimum atomic E-state index is -0.00387. The lowest BCUT2D eigenvalue weighted by molar-refractivity contribution is 0.414. The molecule has 0 unspecified atom stereocenters. The molecule has 0 saturated carbocycles. The minimum Gasteiger partial charge on any atom is -0.507 e. The fourth-order valence-corrected chi connectivity index (χ4v) is 3.08. The Morgan fingerprint density at radius 2 is 1.22 bits per heavy atom. The highest BCUT2D eigenvalue weighted by Gasteiger charge is 2.11. The van der Waals surface area contributed by atoms with Gasteiger partial charge in [0.1, 0.15) is 28.5 Å². The van der Waals surface area contributed by atoms with Gasteiger partial charge in [0.15, 0.2) is 5.65 Å². The van der Waals surface area contributed by atoms with Crippen molar-refractivity contribution in [3.8, 4) is 11.5 Å². The standard InChI is InChI=1S/C25H21N3O4/c1-31-18-9-5-16(6-10-18)23(29)14-21-22(28-25-20(27-21)4-3-13-26-25)15-24(30)17-7-11-19(32-2)12-8-17/h3-15,29-30H,1-2H3/b23-14+,24-15-. The number of pyridine rings is 1. The number of aromatic nitrogens is 3. The number of aliphatic hydroxyl groups is 2. The first-order valence-corrected chi connectivity index (χ1v) is 9.80. The van der Waals surface area contributed by atoms with Crippen molar-refractivity contribution < 1.29 is 19.7 Å². The molecule has 0 aliphatic rings. The van der Waals surface area contributed by atoms with Gasteiger partial charge in [0.25, 0.3) is 0 Å². The number of ether oxygens (including phenoxy) is 2. The third-order valence-corrected chi connectivity index (χ3v) is 4.81. The van der Waals surface area contributed by atoms with Crippen molar-refractivity contribution in [1.29, 1.82) is 0 Å². The van der Waals surface area contributed by atoms with Gasteiger partial charge in [0.2, 0.25) is 0 Å². The molecule has 0 spiro atoms. The van der Waals surface area contributed by atoms with Gasteiger partial charge in [-0.05, 0) is 60.7 Å². The van der Waals surface area contributed by atoms with E-state index in [0.717, 1.165) is 0 Å². The van der Waals surface area contributed by atoms with Gasteiger partial charge in [-0.25, -0.2) is 15.0 Å². The van der Waals surface area contributed by atoms with Gasteiger partial charge in [-0.2, -0.15) is 0 Å². The molecule has 7 nitrogen and oxygen atoms in total. The van der Waals surface area contributed by atoms with Crippen molar-refractivity contribution in [2.24, 2.45) is 0 Å². The fourth-order valence-electron chi connectivity index (χ4n) is 3.08. The second-order valence-corrected chi connectivity index (χ2v) is 6.86. The third kappa shape index (κ3) is 4.52. The fraction of sp³-hybridized carbons (Fsp3) is 0.0800. The first kappa shape index (κ1) is 20.9. The van der Waals surface area contributed by atoms with E-state index >= 15 is 0 Å². The molecule has 2 aromatic heterocycles. The van der Waals surface area contributed by atoms with Crippen LogP contribution in [0.2, 0.25) is 0 Å². The summed E-state index contributed by atoms with van der Waals surface area (Å²) in [5.74, 6) is 1.37. The van der Waals surface area contributed by atoms with E-state index in [4.69, 9.17) is 9.47 Å². The summed E-state index contributed by atoms with van der Waals surface area (Å²) in [5.41, 5.74) is 2.93. The molecule has 160 valence electrons. The number of benzene rings is 2. The predicted molar refractivity (Wildman–Crippen MR) is 124 cm³/mol. The maximum atomic E-state index is 10.7. The van der Waals surface area contributed by atoms with Crippen LogP contribution in [-0.2, 0) is 0 Å². The molecule has 0 aliphatic heterocycles. The number of rotatable bonds is 6. The number of fused-ring (bicyclic) bond motifs is 1. The van der Waals surface area contributed by atoms with E-state index in [1.807, 2.05) is 0 Å². The average Bonchev–Trinajstić information content (AvgIpc) is 2.84. The Kier molecular flexibility index (Phi) is 5.98. The molecule has 0 aliphatic carbocycles. The Balaban J connectivity index is 1.79. The lowest BCUT2D eigenvalue weighted by atomic mass is 10.1. The third-order valence-electron chi connectivity index (χ3n) is 4.81. The second-order valence-electron chi connectivity index (χ2n) is 6.86. The van der Waals surface area contributed by atoms with E-state index in [0.29, 0.717) is 45.2 Å². The summed E-state index contributed by atoms with van der Waals surface area (Å²) in [6.45, 7) is 0. The van der Waals surface area contributed by atoms with Gasteiger partial charge in [-0.15, -0.1) is 0 Å². The minimum absolute atomic E-state index is 0.00350. The van der Waals surface area contributed by atoms with Crippen LogP contribution in [0.15, 0.2) is 66.9 Å². The molecule has 0 amide bonds. The summed E-state index contributed by atoms with van der Waals surface area (Å²) in [4.78, 5) is 13.4. The quantitative estimate of drug-likeness (QED) is 0.411. The van der Waals surface area contributed by atoms with Crippen molar-refractivity contribution in [2.45, 2.75) is 0 Å². The smallest absolute Gasteiger partial charge is 0.178 e. The van der Waals surface area contributed by atoms with Gasteiger partial charge >= 0.3 is 0 Å². The largest absolute Gasteiger partial charge is 0.507 e. The molecule has 2 aromatic carbocycles. The van der Waals surface area contributed by atoms with Crippen LogP contribution in [0.25, 0.3) is 34.8 Å². The van der Waals surface area contributed by atoms with E-state index in [-0.39, 0.29) is 11.5 Å². The van der Waals surface area contributed by atoms with Crippen LogP contribution in [0, 0.1) is 0 Å². The van der Waals surface area contributed by atoms with Crippen LogP contribution < -0.4 is 9.47 Å². The van der Waals surface area contributed by atoms with Crippen LogP contribution in [-0.4, -0.2) is 39.4 Å². The molecule has 0 fully saturated rings. The Morgan fingerprint density at radius 3 is 1.72 bits per heavy atom. The molecule has 32 heavy (non-hydrogen) atoms. The van der Waals surface area contributed by atoms with Crippen LogP contribution in [0.1, 0.15) is 22.5 Å². The van der Waals surface area contributed by atoms with Crippen molar-refractivity contribution in [3.63, 3.8) is 0 Å². The van der Waals surface area contributed by atoms with E-state index < -0.39 is 0 Å². The number of hydrogen-bond donors (Lipinski definition) is 2. The van der Waals surface area contributed by atoms with E-state index in [1.54, 1.807) is 81.1 Å². The monoisotopic (exact) mass is 427 g/mol. The predicted octanol–water partition coefficient (Wildman–Crippen LogP) is 5.15. The maximum absolute atomic E-state index is 10.7. The number of nitrogens with zero attached hydrogens (tertiary/aromatic N) is 3. The Labute approximate surface area is 185 Å². The van der Waals surface area contributed by atoms with Crippen molar-refractivity contribution >= 4 is 34.8 Å². The van der Waals surface area contributed by atoms with E-state index in [9.17, 15) is 10.2 Å². The molecular weight excluding hydrogens is 406 g/mol. The van der Waals surface area contributed by atoms with E-state index in [1.165, 1.54) is 12.2 Å². The summed E-state index contributed by atoms with van der Waals surface area (Å²) in [5, 5.41) is 21.4. The molecule has 0 atom stereocenters. The zero-order valence-electron chi connectivity index (χ0n) is 17.6. The summed E-state index contributed by atoms with van der Waals surface area (Å²) < 4.78 is 10.3. The van der Waals surface area contributed by atoms with Gasteiger partial charge in [0.05, 0.1) is 25.6 Å². The normalized spacial score (nSPS) is 12.1. The zero-order chi connectivity index (χ0) is 22.5. The average molecular weight is 427 g/mol. The SMILES string of the molecule is COc1ccc(/C(O)=C/c2nc3ncccc3nc2/C=C(/O)c2ccc(OC)cc2)cc1. The second kappa shape index (κ2) is 9.18. The Morgan fingerprint density at radius 1 is 0.719 bits per heavy atom. The number of methoxy groups -OCH3 is 2. The van der Waals surface area contributed by atoms with Crippen molar-refractivity contribution in [2.75, 3.05) is 14.2 Å². The molecule has 2 N–H and O–H groups in total. The van der Waals surface area contributed by atoms with Gasteiger partial charge in [-0.1, -0.05) is 0 Å². The van der Waals surface area contributed by atoms with Gasteiger partial charge < -0.3 is 19.7 Å². The lowest BCUT2D eigenvalue weighted by Crippen LogP contribution is -1.98. The Hall–Kier alpha value is -4.39. The Bertz CT molecular complexity index is 1200. The summed E-state index contributed by atoms with van der Waals surface area (Å²) in [7, 11) is 3.16. The van der Waals surface area contributed by atoms with Crippen LogP contribution in [0.4, 0.5) is 0 Å².